The van der Waals surface area contributed by atoms with Crippen molar-refractivity contribution in [3.8, 4) is 5.75 Å². The fraction of sp³-hybridized carbons (Fsp3) is 0.423. The molecule has 1 aromatic heterocycles. The Balaban J connectivity index is 1.54. The van der Waals surface area contributed by atoms with E-state index in [0.29, 0.717) is 5.89 Å². The van der Waals surface area contributed by atoms with Crippen molar-refractivity contribution in [1.29, 1.82) is 0 Å². The van der Waals surface area contributed by atoms with Crippen LogP contribution in [0.1, 0.15) is 57.4 Å². The van der Waals surface area contributed by atoms with Gasteiger partial charge in [0.1, 0.15) is 11.3 Å². The van der Waals surface area contributed by atoms with Crippen LogP contribution in [0.2, 0.25) is 0 Å². The lowest BCUT2D eigenvalue weighted by atomic mass is 10.2. The Kier molecular flexibility index (Phi) is 8.98. The molecule has 4 heteroatoms. The van der Waals surface area contributed by atoms with Gasteiger partial charge < -0.3 is 14.1 Å². The fourth-order valence-electron chi connectivity index (χ4n) is 3.44. The zero-order valence-corrected chi connectivity index (χ0v) is 18.3. The summed E-state index contributed by atoms with van der Waals surface area (Å²) in [5.41, 5.74) is 2.71. The topological polar surface area (TPSA) is 38.5 Å². The normalized spacial score (nSPS) is 11.7. The van der Waals surface area contributed by atoms with E-state index >= 15 is 0 Å². The summed E-state index contributed by atoms with van der Waals surface area (Å²) in [6.07, 6.45) is 9.99. The van der Waals surface area contributed by atoms with Crippen LogP contribution < -0.4 is 4.74 Å². The minimum Gasteiger partial charge on any atom is -0.493 e. The standard InChI is InChI=1S/C26H34N2O2/c1-3-5-18-28(19-6-4-2)20-11-21-29-24-14-9-7-12-22(24)16-17-26-27-23-13-8-10-15-25(23)30-26/h7-10,12-17H,3-6,11,18-21H2,1-2H3/b17-16+. The molecule has 0 N–H and O–H groups in total. The van der Waals surface area contributed by atoms with Crippen molar-refractivity contribution in [2.45, 2.75) is 46.0 Å². The van der Waals surface area contributed by atoms with Crippen LogP contribution in [-0.4, -0.2) is 36.1 Å². The second kappa shape index (κ2) is 12.2. The molecule has 0 bridgehead atoms. The molecule has 0 unspecified atom stereocenters. The van der Waals surface area contributed by atoms with Gasteiger partial charge in [-0.2, -0.15) is 0 Å². The van der Waals surface area contributed by atoms with Crippen LogP contribution in [0.25, 0.3) is 23.3 Å². The van der Waals surface area contributed by atoms with E-state index in [1.807, 2.05) is 54.6 Å². The molecule has 0 amide bonds. The molecule has 160 valence electrons. The van der Waals surface area contributed by atoms with Gasteiger partial charge in [0.15, 0.2) is 5.58 Å². The molecular formula is C26H34N2O2. The Labute approximate surface area is 180 Å². The molecule has 0 spiro atoms. The molecule has 0 fully saturated rings. The first kappa shape index (κ1) is 22.1. The molecule has 0 saturated heterocycles. The summed E-state index contributed by atoms with van der Waals surface area (Å²) >= 11 is 0. The number of oxazole rings is 1. The smallest absolute Gasteiger partial charge is 0.220 e. The van der Waals surface area contributed by atoms with Gasteiger partial charge >= 0.3 is 0 Å². The molecule has 0 aliphatic carbocycles. The van der Waals surface area contributed by atoms with Crippen LogP contribution in [0, 0.1) is 0 Å². The summed E-state index contributed by atoms with van der Waals surface area (Å²) in [5, 5.41) is 0. The van der Waals surface area contributed by atoms with Crippen LogP contribution >= 0.6 is 0 Å². The molecule has 0 aliphatic heterocycles. The molecule has 0 aliphatic rings. The molecule has 4 nitrogen and oxygen atoms in total. The number of rotatable bonds is 13. The highest BCUT2D eigenvalue weighted by atomic mass is 16.5. The van der Waals surface area contributed by atoms with Crippen LogP contribution in [0.5, 0.6) is 5.75 Å². The van der Waals surface area contributed by atoms with Crippen LogP contribution in [0.3, 0.4) is 0 Å². The first-order valence-corrected chi connectivity index (χ1v) is 11.3. The maximum absolute atomic E-state index is 6.11. The number of fused-ring (bicyclic) bond motifs is 1. The third-order valence-corrected chi connectivity index (χ3v) is 5.17. The summed E-state index contributed by atoms with van der Waals surface area (Å²) < 4.78 is 11.9. The van der Waals surface area contributed by atoms with Crippen LogP contribution in [0.4, 0.5) is 0 Å². The molecule has 0 radical (unpaired) electrons. The van der Waals surface area contributed by atoms with Gasteiger partial charge in [0, 0.05) is 18.2 Å². The van der Waals surface area contributed by atoms with Crippen LogP contribution in [0.15, 0.2) is 52.9 Å². The van der Waals surface area contributed by atoms with E-state index in [0.717, 1.165) is 42.0 Å². The van der Waals surface area contributed by atoms with Gasteiger partial charge in [-0.05, 0) is 56.6 Å². The average Bonchev–Trinajstić information content (AvgIpc) is 3.20. The maximum atomic E-state index is 6.11. The molecule has 2 aromatic carbocycles. The second-order valence-electron chi connectivity index (χ2n) is 7.64. The van der Waals surface area contributed by atoms with Crippen molar-refractivity contribution in [3.63, 3.8) is 0 Å². The molecular weight excluding hydrogens is 372 g/mol. The SMILES string of the molecule is CCCCN(CCCC)CCCOc1ccccc1/C=C/c1nc2ccccc2o1. The van der Waals surface area contributed by atoms with Gasteiger partial charge in [-0.25, -0.2) is 4.98 Å². The van der Waals surface area contributed by atoms with E-state index in [1.54, 1.807) is 0 Å². The van der Waals surface area contributed by atoms with Crippen molar-refractivity contribution < 1.29 is 9.15 Å². The summed E-state index contributed by atoms with van der Waals surface area (Å²) in [4.78, 5) is 7.08. The van der Waals surface area contributed by atoms with E-state index in [9.17, 15) is 0 Å². The van der Waals surface area contributed by atoms with Crippen molar-refractivity contribution in [2.24, 2.45) is 0 Å². The number of nitrogens with zero attached hydrogens (tertiary/aromatic N) is 2. The lowest BCUT2D eigenvalue weighted by Gasteiger charge is -2.22. The summed E-state index contributed by atoms with van der Waals surface area (Å²) in [7, 11) is 0. The molecule has 0 saturated carbocycles. The molecule has 3 aromatic rings. The Bertz CT molecular complexity index is 875. The fourth-order valence-corrected chi connectivity index (χ4v) is 3.44. The zero-order valence-electron chi connectivity index (χ0n) is 18.3. The minimum absolute atomic E-state index is 0.605. The van der Waals surface area contributed by atoms with E-state index in [4.69, 9.17) is 9.15 Å². The van der Waals surface area contributed by atoms with E-state index in [1.165, 1.54) is 38.8 Å². The number of aromatic nitrogens is 1. The predicted molar refractivity (Wildman–Crippen MR) is 126 cm³/mol. The van der Waals surface area contributed by atoms with Gasteiger partial charge in [-0.15, -0.1) is 0 Å². The van der Waals surface area contributed by atoms with Crippen molar-refractivity contribution in [1.82, 2.24) is 9.88 Å². The summed E-state index contributed by atoms with van der Waals surface area (Å²) in [6, 6.07) is 15.9. The van der Waals surface area contributed by atoms with Crippen LogP contribution in [-0.2, 0) is 0 Å². The molecule has 30 heavy (non-hydrogen) atoms. The third-order valence-electron chi connectivity index (χ3n) is 5.17. The molecule has 1 heterocycles. The number of para-hydroxylation sites is 3. The Morgan fingerprint density at radius 3 is 2.33 bits per heavy atom. The predicted octanol–water partition coefficient (Wildman–Crippen LogP) is 6.67. The number of hydrogen-bond donors (Lipinski definition) is 0. The molecule has 3 rings (SSSR count). The van der Waals surface area contributed by atoms with E-state index in [-0.39, 0.29) is 0 Å². The van der Waals surface area contributed by atoms with Crippen molar-refractivity contribution in [2.75, 3.05) is 26.2 Å². The minimum atomic E-state index is 0.605. The van der Waals surface area contributed by atoms with E-state index in [2.05, 4.69) is 29.8 Å². The first-order valence-electron chi connectivity index (χ1n) is 11.3. The second-order valence-corrected chi connectivity index (χ2v) is 7.64. The maximum Gasteiger partial charge on any atom is 0.220 e. The van der Waals surface area contributed by atoms with Gasteiger partial charge in [0.2, 0.25) is 5.89 Å². The molecule has 0 atom stereocenters. The van der Waals surface area contributed by atoms with Gasteiger partial charge in [0.05, 0.1) is 6.61 Å². The summed E-state index contributed by atoms with van der Waals surface area (Å²) in [5.74, 6) is 1.51. The lowest BCUT2D eigenvalue weighted by molar-refractivity contribution is 0.229. The zero-order chi connectivity index (χ0) is 21.0. The average molecular weight is 407 g/mol. The highest BCUT2D eigenvalue weighted by Crippen LogP contribution is 2.22. The van der Waals surface area contributed by atoms with Crippen molar-refractivity contribution in [3.05, 3.63) is 60.0 Å². The van der Waals surface area contributed by atoms with Gasteiger partial charge in [-0.1, -0.05) is 57.0 Å². The monoisotopic (exact) mass is 406 g/mol. The van der Waals surface area contributed by atoms with E-state index < -0.39 is 0 Å². The number of benzene rings is 2. The number of ether oxygens (including phenoxy) is 1. The first-order chi connectivity index (χ1) is 14.8. The number of hydrogen-bond acceptors (Lipinski definition) is 4. The quantitative estimate of drug-likeness (QED) is 0.297. The highest BCUT2D eigenvalue weighted by Gasteiger charge is 2.06. The van der Waals surface area contributed by atoms with Gasteiger partial charge in [-0.3, -0.25) is 0 Å². The number of unbranched alkanes of at least 4 members (excludes halogenated alkanes) is 2. The van der Waals surface area contributed by atoms with Gasteiger partial charge in [0.25, 0.3) is 0 Å². The third kappa shape index (κ3) is 6.74. The Hall–Kier alpha value is -2.59. The summed E-state index contributed by atoms with van der Waals surface area (Å²) in [6.45, 7) is 8.73. The van der Waals surface area contributed by atoms with Crippen molar-refractivity contribution >= 4 is 23.3 Å². The Morgan fingerprint density at radius 2 is 1.57 bits per heavy atom. The largest absolute Gasteiger partial charge is 0.493 e. The lowest BCUT2D eigenvalue weighted by Crippen LogP contribution is -2.28. The Morgan fingerprint density at radius 1 is 0.867 bits per heavy atom. The highest BCUT2D eigenvalue weighted by molar-refractivity contribution is 5.76.